The molecule has 0 aliphatic heterocycles. The lowest BCUT2D eigenvalue weighted by atomic mass is 10.2. The molecule has 1 aromatic heterocycles. The highest BCUT2D eigenvalue weighted by molar-refractivity contribution is 5.86. The van der Waals surface area contributed by atoms with Crippen LogP contribution in [0.5, 0.6) is 11.5 Å². The third kappa shape index (κ3) is 7.16. The first kappa shape index (κ1) is 22.8. The fourth-order valence-corrected chi connectivity index (χ4v) is 2.27. The number of ether oxygens (including phenoxy) is 4. The number of methoxy groups -OCH3 is 1. The van der Waals surface area contributed by atoms with Crippen molar-refractivity contribution in [3.8, 4) is 11.5 Å². The summed E-state index contributed by atoms with van der Waals surface area (Å²) in [6, 6.07) is 8.34. The second-order valence-electron chi connectivity index (χ2n) is 7.06. The first-order valence-electron chi connectivity index (χ1n) is 9.30. The molecule has 0 bridgehead atoms. The minimum absolute atomic E-state index is 0.102. The molecule has 0 radical (unpaired) electrons. The molecule has 1 aromatic carbocycles. The minimum atomic E-state index is -0.645. The molecule has 0 atom stereocenters. The molecule has 0 aliphatic carbocycles. The van der Waals surface area contributed by atoms with Gasteiger partial charge in [0, 0.05) is 0 Å². The summed E-state index contributed by atoms with van der Waals surface area (Å²) in [4.78, 5) is 23.1. The molecule has 0 spiro atoms. The Morgan fingerprint density at radius 3 is 2.57 bits per heavy atom. The molecular formula is C21H26N2O7. The highest BCUT2D eigenvalue weighted by Gasteiger charge is 2.15. The lowest BCUT2D eigenvalue weighted by molar-refractivity contribution is 0.0527. The van der Waals surface area contributed by atoms with Gasteiger partial charge in [0.2, 0.25) is 5.76 Å². The standard InChI is InChI=1S/C21H26N2O7/c1-6-27-18-11-14(12-22-23-20(25)30-21(2,3)4)7-9-16(18)28-13-15-8-10-17(29-15)19(24)26-5/h7-12H,6,13H2,1-5H3,(H,23,25)/b22-12-. The van der Waals surface area contributed by atoms with Gasteiger partial charge in [-0.05, 0) is 63.6 Å². The average molecular weight is 418 g/mol. The highest BCUT2D eigenvalue weighted by atomic mass is 16.6. The normalized spacial score (nSPS) is 11.2. The highest BCUT2D eigenvalue weighted by Crippen LogP contribution is 2.29. The van der Waals surface area contributed by atoms with Gasteiger partial charge in [0.25, 0.3) is 0 Å². The largest absolute Gasteiger partial charge is 0.490 e. The number of amides is 1. The molecule has 2 rings (SSSR count). The molecule has 1 N–H and O–H groups in total. The van der Waals surface area contributed by atoms with Crippen LogP contribution in [0.3, 0.4) is 0 Å². The smallest absolute Gasteiger partial charge is 0.428 e. The molecule has 9 nitrogen and oxygen atoms in total. The van der Waals surface area contributed by atoms with Crippen molar-refractivity contribution in [2.75, 3.05) is 13.7 Å². The lowest BCUT2D eigenvalue weighted by Crippen LogP contribution is -2.29. The maximum Gasteiger partial charge on any atom is 0.428 e. The molecule has 1 amide bonds. The number of nitrogens with one attached hydrogen (secondary N) is 1. The van der Waals surface area contributed by atoms with E-state index in [2.05, 4.69) is 15.3 Å². The van der Waals surface area contributed by atoms with Crippen molar-refractivity contribution < 1.29 is 33.0 Å². The van der Waals surface area contributed by atoms with Crippen LogP contribution >= 0.6 is 0 Å². The van der Waals surface area contributed by atoms with E-state index in [1.807, 2.05) is 6.92 Å². The van der Waals surface area contributed by atoms with Crippen molar-refractivity contribution >= 4 is 18.3 Å². The molecule has 0 saturated carbocycles. The van der Waals surface area contributed by atoms with Crippen LogP contribution in [-0.4, -0.2) is 37.6 Å². The van der Waals surface area contributed by atoms with E-state index < -0.39 is 17.7 Å². The molecule has 9 heteroatoms. The minimum Gasteiger partial charge on any atom is -0.490 e. The Morgan fingerprint density at radius 2 is 1.90 bits per heavy atom. The fourth-order valence-electron chi connectivity index (χ4n) is 2.27. The van der Waals surface area contributed by atoms with Crippen molar-refractivity contribution in [1.29, 1.82) is 0 Å². The molecule has 0 fully saturated rings. The zero-order valence-corrected chi connectivity index (χ0v) is 17.7. The van der Waals surface area contributed by atoms with Crippen LogP contribution in [-0.2, 0) is 16.1 Å². The van der Waals surface area contributed by atoms with Gasteiger partial charge in [-0.1, -0.05) is 0 Å². The summed E-state index contributed by atoms with van der Waals surface area (Å²) in [5.41, 5.74) is 2.39. The molecule has 162 valence electrons. The number of furan rings is 1. The molecule has 2 aromatic rings. The van der Waals surface area contributed by atoms with E-state index in [0.717, 1.165) is 0 Å². The Bertz CT molecular complexity index is 897. The van der Waals surface area contributed by atoms with Crippen molar-refractivity contribution in [2.45, 2.75) is 39.9 Å². The predicted molar refractivity (Wildman–Crippen MR) is 109 cm³/mol. The fraction of sp³-hybridized carbons (Fsp3) is 0.381. The monoisotopic (exact) mass is 418 g/mol. The summed E-state index contributed by atoms with van der Waals surface area (Å²) in [6.07, 6.45) is 0.819. The van der Waals surface area contributed by atoms with Crippen LogP contribution in [0.25, 0.3) is 0 Å². The van der Waals surface area contributed by atoms with Gasteiger partial charge >= 0.3 is 12.1 Å². The second kappa shape index (κ2) is 10.3. The van der Waals surface area contributed by atoms with Crippen LogP contribution in [0.2, 0.25) is 0 Å². The van der Waals surface area contributed by atoms with Crippen molar-refractivity contribution in [3.63, 3.8) is 0 Å². The maximum absolute atomic E-state index is 11.6. The van der Waals surface area contributed by atoms with Crippen LogP contribution in [0.4, 0.5) is 4.79 Å². The van der Waals surface area contributed by atoms with E-state index in [0.29, 0.717) is 29.4 Å². The molecule has 0 aliphatic rings. The Balaban J connectivity index is 2.02. The van der Waals surface area contributed by atoms with E-state index in [-0.39, 0.29) is 12.4 Å². The van der Waals surface area contributed by atoms with Crippen molar-refractivity contribution in [1.82, 2.24) is 5.43 Å². The zero-order valence-electron chi connectivity index (χ0n) is 17.7. The number of hydrazone groups is 1. The Morgan fingerprint density at radius 1 is 1.13 bits per heavy atom. The number of hydrogen-bond acceptors (Lipinski definition) is 8. The summed E-state index contributed by atoms with van der Waals surface area (Å²) >= 11 is 0. The van der Waals surface area contributed by atoms with Gasteiger partial charge in [-0.15, -0.1) is 0 Å². The number of hydrogen-bond donors (Lipinski definition) is 1. The summed E-state index contributed by atoms with van der Waals surface area (Å²) in [6.45, 7) is 7.68. The number of nitrogens with zero attached hydrogens (tertiary/aromatic N) is 1. The number of esters is 1. The van der Waals surface area contributed by atoms with Crippen LogP contribution in [0, 0.1) is 0 Å². The topological polar surface area (TPSA) is 109 Å². The number of rotatable bonds is 8. The van der Waals surface area contributed by atoms with Crippen LogP contribution in [0.1, 0.15) is 49.6 Å². The van der Waals surface area contributed by atoms with Gasteiger partial charge in [0.15, 0.2) is 11.5 Å². The summed E-state index contributed by atoms with van der Waals surface area (Å²) < 4.78 is 26.5. The number of carbonyl (C=O) groups excluding carboxylic acids is 2. The third-order valence-electron chi connectivity index (χ3n) is 3.45. The van der Waals surface area contributed by atoms with Crippen molar-refractivity contribution in [3.05, 3.63) is 47.4 Å². The first-order valence-corrected chi connectivity index (χ1v) is 9.30. The van der Waals surface area contributed by atoms with Crippen LogP contribution in [0.15, 0.2) is 39.9 Å². The third-order valence-corrected chi connectivity index (χ3v) is 3.45. The first-order chi connectivity index (χ1) is 14.2. The van der Waals surface area contributed by atoms with E-state index in [1.54, 1.807) is 45.0 Å². The molecule has 1 heterocycles. The van der Waals surface area contributed by atoms with Gasteiger partial charge in [-0.2, -0.15) is 5.10 Å². The average Bonchev–Trinajstić information content (AvgIpc) is 3.14. The summed E-state index contributed by atoms with van der Waals surface area (Å²) in [7, 11) is 1.28. The summed E-state index contributed by atoms with van der Waals surface area (Å²) in [5.74, 6) is 0.999. The molecule has 0 saturated heterocycles. The predicted octanol–water partition coefficient (Wildman–Crippen LogP) is 3.90. The van der Waals surface area contributed by atoms with E-state index in [1.165, 1.54) is 19.4 Å². The van der Waals surface area contributed by atoms with Gasteiger partial charge in [0.05, 0.1) is 19.9 Å². The molecular weight excluding hydrogens is 392 g/mol. The quantitative estimate of drug-likeness (QED) is 0.393. The van der Waals surface area contributed by atoms with E-state index in [9.17, 15) is 9.59 Å². The Kier molecular flexibility index (Phi) is 7.85. The number of carbonyl (C=O) groups is 2. The van der Waals surface area contributed by atoms with Crippen LogP contribution < -0.4 is 14.9 Å². The van der Waals surface area contributed by atoms with Gasteiger partial charge in [-0.25, -0.2) is 15.0 Å². The van der Waals surface area contributed by atoms with Gasteiger partial charge in [-0.3, -0.25) is 0 Å². The molecule has 0 unspecified atom stereocenters. The Hall–Kier alpha value is -3.49. The van der Waals surface area contributed by atoms with Gasteiger partial charge < -0.3 is 23.4 Å². The van der Waals surface area contributed by atoms with Crippen molar-refractivity contribution in [2.24, 2.45) is 5.10 Å². The van der Waals surface area contributed by atoms with Gasteiger partial charge in [0.1, 0.15) is 18.0 Å². The number of benzene rings is 1. The SMILES string of the molecule is CCOc1cc(/C=N\NC(=O)OC(C)(C)C)ccc1OCc1ccc(C(=O)OC)o1. The maximum atomic E-state index is 11.6. The molecule has 30 heavy (non-hydrogen) atoms. The lowest BCUT2D eigenvalue weighted by Gasteiger charge is -2.18. The summed E-state index contributed by atoms with van der Waals surface area (Å²) in [5, 5.41) is 3.87. The second-order valence-corrected chi connectivity index (χ2v) is 7.06. The Labute approximate surface area is 174 Å². The van der Waals surface area contributed by atoms with E-state index in [4.69, 9.17) is 18.6 Å². The van der Waals surface area contributed by atoms with E-state index >= 15 is 0 Å². The zero-order chi connectivity index (χ0) is 22.1.